The molecule has 1 fully saturated rings. The highest BCUT2D eigenvalue weighted by Crippen LogP contribution is 2.24. The van der Waals surface area contributed by atoms with Gasteiger partial charge in [0.15, 0.2) is 0 Å². The Balaban J connectivity index is 1.95. The average molecular weight is 364 g/mol. The van der Waals surface area contributed by atoms with E-state index in [0.29, 0.717) is 54.1 Å². The molecule has 0 aliphatic carbocycles. The normalized spacial score (nSPS) is 14.3. The first kappa shape index (κ1) is 17.3. The highest BCUT2D eigenvalue weighted by Gasteiger charge is 2.23. The van der Waals surface area contributed by atoms with Crippen LogP contribution in [-0.2, 0) is 4.74 Å². The van der Waals surface area contributed by atoms with Crippen molar-refractivity contribution in [1.82, 2.24) is 9.47 Å². The summed E-state index contributed by atoms with van der Waals surface area (Å²) in [5, 5.41) is 1.16. The fourth-order valence-corrected chi connectivity index (χ4v) is 3.41. The molecule has 0 atom stereocenters. The zero-order valence-corrected chi connectivity index (χ0v) is 15.1. The summed E-state index contributed by atoms with van der Waals surface area (Å²) in [5.74, 6) is 0.470. The fraction of sp³-hybridized carbons (Fsp3) is 0.238. The summed E-state index contributed by atoms with van der Waals surface area (Å²) in [7, 11) is 1.56. The quantitative estimate of drug-likeness (QED) is 0.716. The number of methoxy groups -OCH3 is 1. The molecule has 1 aliphatic rings. The third-order valence-corrected chi connectivity index (χ3v) is 4.80. The van der Waals surface area contributed by atoms with E-state index in [1.807, 2.05) is 24.3 Å². The SMILES string of the molecule is COc1ccccc1-n1cc(C(=O)N2CCOCC2)c2ccccc2c1=O. The summed E-state index contributed by atoms with van der Waals surface area (Å²) < 4.78 is 12.3. The number of hydrogen-bond donors (Lipinski definition) is 0. The van der Waals surface area contributed by atoms with Crippen LogP contribution in [0, 0.1) is 0 Å². The van der Waals surface area contributed by atoms with Crippen LogP contribution in [0.25, 0.3) is 16.5 Å². The van der Waals surface area contributed by atoms with Crippen LogP contribution in [-0.4, -0.2) is 48.8 Å². The largest absolute Gasteiger partial charge is 0.495 e. The Morgan fingerprint density at radius 2 is 1.67 bits per heavy atom. The lowest BCUT2D eigenvalue weighted by Crippen LogP contribution is -2.41. The number of ether oxygens (including phenoxy) is 2. The van der Waals surface area contributed by atoms with Crippen molar-refractivity contribution in [2.24, 2.45) is 0 Å². The molecule has 27 heavy (non-hydrogen) atoms. The first-order valence-corrected chi connectivity index (χ1v) is 8.85. The summed E-state index contributed by atoms with van der Waals surface area (Å²) >= 11 is 0. The molecule has 1 saturated heterocycles. The van der Waals surface area contributed by atoms with Gasteiger partial charge in [-0.15, -0.1) is 0 Å². The predicted octanol–water partition coefficient (Wildman–Crippen LogP) is 2.47. The third-order valence-electron chi connectivity index (χ3n) is 4.80. The number of aromatic nitrogens is 1. The number of benzene rings is 2. The minimum absolute atomic E-state index is 0.0989. The monoisotopic (exact) mass is 364 g/mol. The van der Waals surface area contributed by atoms with Crippen molar-refractivity contribution in [3.8, 4) is 11.4 Å². The third kappa shape index (κ3) is 3.08. The minimum Gasteiger partial charge on any atom is -0.495 e. The molecule has 1 aromatic heterocycles. The molecule has 0 saturated carbocycles. The van der Waals surface area contributed by atoms with Crippen molar-refractivity contribution in [3.63, 3.8) is 0 Å². The van der Waals surface area contributed by atoms with Crippen molar-refractivity contribution in [3.05, 3.63) is 70.6 Å². The van der Waals surface area contributed by atoms with Gasteiger partial charge in [-0.2, -0.15) is 0 Å². The summed E-state index contributed by atoms with van der Waals surface area (Å²) in [6.07, 6.45) is 1.63. The second-order valence-corrected chi connectivity index (χ2v) is 6.34. The molecule has 2 heterocycles. The van der Waals surface area contributed by atoms with Gasteiger partial charge in [0.25, 0.3) is 11.5 Å². The number of para-hydroxylation sites is 2. The van der Waals surface area contributed by atoms with Crippen LogP contribution in [0.5, 0.6) is 5.75 Å². The number of morpholine rings is 1. The zero-order chi connectivity index (χ0) is 18.8. The van der Waals surface area contributed by atoms with Crippen LogP contribution in [0.3, 0.4) is 0 Å². The number of nitrogens with zero attached hydrogens (tertiary/aromatic N) is 2. The minimum atomic E-state index is -0.186. The number of hydrogen-bond acceptors (Lipinski definition) is 4. The second-order valence-electron chi connectivity index (χ2n) is 6.34. The summed E-state index contributed by atoms with van der Waals surface area (Å²) in [4.78, 5) is 28.1. The molecular weight excluding hydrogens is 344 g/mol. The van der Waals surface area contributed by atoms with Crippen molar-refractivity contribution >= 4 is 16.7 Å². The van der Waals surface area contributed by atoms with E-state index in [0.717, 1.165) is 0 Å². The molecule has 2 aromatic carbocycles. The summed E-state index contributed by atoms with van der Waals surface area (Å²) in [6.45, 7) is 2.13. The summed E-state index contributed by atoms with van der Waals surface area (Å²) in [6, 6.07) is 14.5. The molecule has 1 aliphatic heterocycles. The lowest BCUT2D eigenvalue weighted by molar-refractivity contribution is 0.0304. The second kappa shape index (κ2) is 7.25. The molecule has 1 amide bonds. The maximum atomic E-state index is 13.2. The molecule has 0 radical (unpaired) electrons. The Bertz CT molecular complexity index is 1050. The van der Waals surface area contributed by atoms with E-state index in [9.17, 15) is 9.59 Å². The number of pyridine rings is 1. The Kier molecular flexibility index (Phi) is 4.64. The number of carbonyl (C=O) groups is 1. The molecule has 0 bridgehead atoms. The standard InChI is InChI=1S/C21H20N2O4/c1-26-19-9-5-4-8-18(19)23-14-17(20(24)22-10-12-27-13-11-22)15-6-2-3-7-16(15)21(23)25/h2-9,14H,10-13H2,1H3. The van der Waals surface area contributed by atoms with Crippen LogP contribution in [0.15, 0.2) is 59.5 Å². The van der Waals surface area contributed by atoms with Gasteiger partial charge in [-0.25, -0.2) is 0 Å². The van der Waals surface area contributed by atoms with Crippen LogP contribution >= 0.6 is 0 Å². The fourth-order valence-electron chi connectivity index (χ4n) is 3.41. The van der Waals surface area contributed by atoms with Crippen molar-refractivity contribution in [2.45, 2.75) is 0 Å². The molecular formula is C21H20N2O4. The maximum Gasteiger partial charge on any atom is 0.263 e. The first-order valence-electron chi connectivity index (χ1n) is 8.85. The molecule has 0 unspecified atom stereocenters. The number of rotatable bonds is 3. The molecule has 0 spiro atoms. The molecule has 6 nitrogen and oxygen atoms in total. The smallest absolute Gasteiger partial charge is 0.263 e. The lowest BCUT2D eigenvalue weighted by atomic mass is 10.1. The van der Waals surface area contributed by atoms with E-state index in [4.69, 9.17) is 9.47 Å². The average Bonchev–Trinajstić information content (AvgIpc) is 2.74. The van der Waals surface area contributed by atoms with Crippen LogP contribution in [0.1, 0.15) is 10.4 Å². The number of carbonyl (C=O) groups excluding carboxylic acids is 1. The van der Waals surface area contributed by atoms with Gasteiger partial charge >= 0.3 is 0 Å². The van der Waals surface area contributed by atoms with E-state index in [1.165, 1.54) is 4.57 Å². The van der Waals surface area contributed by atoms with Gasteiger partial charge in [-0.1, -0.05) is 30.3 Å². The molecule has 3 aromatic rings. The van der Waals surface area contributed by atoms with Crippen LogP contribution < -0.4 is 10.3 Å². The zero-order valence-electron chi connectivity index (χ0n) is 15.1. The van der Waals surface area contributed by atoms with Crippen LogP contribution in [0.2, 0.25) is 0 Å². The Hall–Kier alpha value is -3.12. The van der Waals surface area contributed by atoms with Crippen molar-refractivity contribution in [1.29, 1.82) is 0 Å². The Morgan fingerprint density at radius 3 is 2.41 bits per heavy atom. The predicted molar refractivity (Wildman–Crippen MR) is 103 cm³/mol. The lowest BCUT2D eigenvalue weighted by Gasteiger charge is -2.27. The van der Waals surface area contributed by atoms with Crippen molar-refractivity contribution < 1.29 is 14.3 Å². The van der Waals surface area contributed by atoms with Gasteiger partial charge in [0.1, 0.15) is 5.75 Å². The topological polar surface area (TPSA) is 60.8 Å². The highest BCUT2D eigenvalue weighted by molar-refractivity contribution is 6.06. The van der Waals surface area contributed by atoms with Crippen molar-refractivity contribution in [2.75, 3.05) is 33.4 Å². The molecule has 138 valence electrons. The van der Waals surface area contributed by atoms with Gasteiger partial charge in [-0.05, 0) is 18.2 Å². The van der Waals surface area contributed by atoms with Gasteiger partial charge in [0.05, 0.1) is 31.6 Å². The molecule has 6 heteroatoms. The highest BCUT2D eigenvalue weighted by atomic mass is 16.5. The van der Waals surface area contributed by atoms with E-state index in [1.54, 1.807) is 42.5 Å². The number of fused-ring (bicyclic) bond motifs is 1. The van der Waals surface area contributed by atoms with Gasteiger partial charge in [0, 0.05) is 30.1 Å². The Labute approximate surface area is 156 Å². The maximum absolute atomic E-state index is 13.2. The Morgan fingerprint density at radius 1 is 1.00 bits per heavy atom. The van der Waals surface area contributed by atoms with Gasteiger partial charge in [-0.3, -0.25) is 14.2 Å². The van der Waals surface area contributed by atoms with E-state index in [-0.39, 0.29) is 11.5 Å². The number of amides is 1. The van der Waals surface area contributed by atoms with Gasteiger partial charge in [0.2, 0.25) is 0 Å². The summed E-state index contributed by atoms with van der Waals surface area (Å²) in [5.41, 5.74) is 0.915. The van der Waals surface area contributed by atoms with E-state index < -0.39 is 0 Å². The van der Waals surface area contributed by atoms with Gasteiger partial charge < -0.3 is 14.4 Å². The van der Waals surface area contributed by atoms with E-state index in [2.05, 4.69) is 0 Å². The first-order chi connectivity index (χ1) is 13.2. The molecule has 0 N–H and O–H groups in total. The molecule has 4 rings (SSSR count). The van der Waals surface area contributed by atoms with E-state index >= 15 is 0 Å². The van der Waals surface area contributed by atoms with Crippen LogP contribution in [0.4, 0.5) is 0 Å².